The molecular weight excluding hydrogens is 174 g/mol. The van der Waals surface area contributed by atoms with Gasteiger partial charge in [0.15, 0.2) is 11.2 Å². The summed E-state index contributed by atoms with van der Waals surface area (Å²) < 4.78 is 1.32. The highest BCUT2D eigenvalue weighted by molar-refractivity contribution is 5.70. The van der Waals surface area contributed by atoms with Crippen molar-refractivity contribution in [2.24, 2.45) is 0 Å². The Morgan fingerprint density at radius 2 is 2.46 bits per heavy atom. The van der Waals surface area contributed by atoms with Crippen molar-refractivity contribution in [1.82, 2.24) is 19.5 Å². The molecule has 2 aromatic rings. The maximum Gasteiger partial charge on any atom is 0.280 e. The zero-order valence-corrected chi connectivity index (χ0v) is 6.56. The molecule has 68 valence electrons. The van der Waals surface area contributed by atoms with Gasteiger partial charge in [0.05, 0.1) is 6.33 Å². The van der Waals surface area contributed by atoms with E-state index in [1.807, 2.05) is 0 Å². The Morgan fingerprint density at radius 1 is 1.69 bits per heavy atom. The van der Waals surface area contributed by atoms with Gasteiger partial charge in [0, 0.05) is 0 Å². The summed E-state index contributed by atoms with van der Waals surface area (Å²) in [5.74, 6) is 0.00713. The minimum atomic E-state index is -0.408. The largest absolute Gasteiger partial charge is 0.376 e. The second kappa shape index (κ2) is 2.56. The summed E-state index contributed by atoms with van der Waals surface area (Å²) in [5.41, 5.74) is 5.36. The second-order valence-corrected chi connectivity index (χ2v) is 2.48. The van der Waals surface area contributed by atoms with Gasteiger partial charge in [0.25, 0.3) is 5.56 Å². The Balaban J connectivity index is 2.90. The Labute approximate surface area is 71.9 Å². The second-order valence-electron chi connectivity index (χ2n) is 2.48. The fraction of sp³-hybridized carbons (Fsp3) is 0.167. The van der Waals surface area contributed by atoms with Crippen molar-refractivity contribution in [2.75, 3.05) is 5.73 Å². The normalized spacial score (nSPS) is 10.8. The summed E-state index contributed by atoms with van der Waals surface area (Å²) in [5, 5.41) is 8.84. The number of imidazole rings is 1. The molecule has 0 aliphatic heterocycles. The number of rotatable bonds is 1. The molecular formula is C6H7N5O2. The number of aromatic amines is 1. The van der Waals surface area contributed by atoms with Gasteiger partial charge < -0.3 is 10.8 Å². The van der Waals surface area contributed by atoms with Crippen molar-refractivity contribution in [3.63, 3.8) is 0 Å². The third-order valence-corrected chi connectivity index (χ3v) is 1.65. The lowest BCUT2D eigenvalue weighted by Crippen LogP contribution is -2.12. The molecule has 7 nitrogen and oxygen atoms in total. The Kier molecular flexibility index (Phi) is 1.52. The average Bonchev–Trinajstić information content (AvgIpc) is 2.47. The highest BCUT2D eigenvalue weighted by Crippen LogP contribution is 2.04. The number of nitrogens with one attached hydrogen (secondary N) is 1. The number of anilines is 1. The van der Waals surface area contributed by atoms with Gasteiger partial charge in [-0.25, -0.2) is 4.98 Å². The Hall–Kier alpha value is -1.89. The summed E-state index contributed by atoms with van der Waals surface area (Å²) in [4.78, 5) is 21.1. The van der Waals surface area contributed by atoms with Crippen molar-refractivity contribution < 1.29 is 5.11 Å². The molecule has 2 aromatic heterocycles. The van der Waals surface area contributed by atoms with Crippen LogP contribution in [0.4, 0.5) is 5.95 Å². The van der Waals surface area contributed by atoms with E-state index < -0.39 is 5.56 Å². The molecule has 0 saturated carbocycles. The summed E-state index contributed by atoms with van der Waals surface area (Å²) in [6.45, 7) is -0.285. The van der Waals surface area contributed by atoms with Crippen LogP contribution in [-0.2, 0) is 6.73 Å². The molecule has 13 heavy (non-hydrogen) atoms. The zero-order valence-electron chi connectivity index (χ0n) is 6.56. The van der Waals surface area contributed by atoms with Crippen LogP contribution < -0.4 is 11.3 Å². The summed E-state index contributed by atoms with van der Waals surface area (Å²) in [6.07, 6.45) is 1.33. The van der Waals surface area contributed by atoms with E-state index in [2.05, 4.69) is 15.0 Å². The van der Waals surface area contributed by atoms with E-state index in [-0.39, 0.29) is 23.8 Å². The van der Waals surface area contributed by atoms with E-state index in [1.54, 1.807) is 0 Å². The predicted molar refractivity (Wildman–Crippen MR) is 44.8 cm³/mol. The van der Waals surface area contributed by atoms with Crippen molar-refractivity contribution >= 4 is 17.1 Å². The number of nitrogens with two attached hydrogens (primary N) is 1. The molecule has 0 amide bonds. The number of aliphatic hydroxyl groups excluding tert-OH is 1. The third kappa shape index (κ3) is 1.05. The van der Waals surface area contributed by atoms with Gasteiger partial charge in [0.1, 0.15) is 6.73 Å². The number of nitrogens with zero attached hydrogens (tertiary/aromatic N) is 3. The smallest absolute Gasteiger partial charge is 0.280 e. The number of nitrogen functional groups attached to an aromatic ring is 1. The van der Waals surface area contributed by atoms with Crippen molar-refractivity contribution in [1.29, 1.82) is 0 Å². The summed E-state index contributed by atoms with van der Waals surface area (Å²) >= 11 is 0. The molecule has 0 aliphatic rings. The fourth-order valence-electron chi connectivity index (χ4n) is 1.07. The molecule has 0 unspecified atom stereocenters. The van der Waals surface area contributed by atoms with Crippen LogP contribution in [0.3, 0.4) is 0 Å². The molecule has 0 radical (unpaired) electrons. The molecule has 0 bridgehead atoms. The van der Waals surface area contributed by atoms with Gasteiger partial charge in [-0.1, -0.05) is 0 Å². The zero-order chi connectivity index (χ0) is 9.42. The Bertz CT molecular complexity index is 499. The molecule has 0 aromatic carbocycles. The number of H-pyrrole nitrogens is 1. The lowest BCUT2D eigenvalue weighted by Gasteiger charge is -1.96. The molecule has 2 rings (SSSR count). The maximum atomic E-state index is 11.2. The van der Waals surface area contributed by atoms with E-state index in [9.17, 15) is 4.79 Å². The predicted octanol–water partition coefficient (Wildman–Crippen LogP) is -1.35. The Morgan fingerprint density at radius 3 is 3.15 bits per heavy atom. The van der Waals surface area contributed by atoms with Crippen LogP contribution in [0.15, 0.2) is 11.1 Å². The van der Waals surface area contributed by atoms with Crippen molar-refractivity contribution in [3.8, 4) is 0 Å². The molecule has 7 heteroatoms. The van der Waals surface area contributed by atoms with E-state index in [4.69, 9.17) is 10.8 Å². The van der Waals surface area contributed by atoms with Crippen LogP contribution in [0.5, 0.6) is 0 Å². The van der Waals surface area contributed by atoms with Gasteiger partial charge in [0.2, 0.25) is 5.95 Å². The van der Waals surface area contributed by atoms with Gasteiger partial charge in [-0.2, -0.15) is 4.98 Å². The van der Waals surface area contributed by atoms with E-state index in [0.717, 1.165) is 0 Å². The van der Waals surface area contributed by atoms with Crippen LogP contribution in [0, 0.1) is 0 Å². The first-order valence-corrected chi connectivity index (χ1v) is 3.54. The first-order valence-electron chi connectivity index (χ1n) is 3.54. The van der Waals surface area contributed by atoms with Crippen molar-refractivity contribution in [3.05, 3.63) is 16.7 Å². The fourth-order valence-corrected chi connectivity index (χ4v) is 1.07. The van der Waals surface area contributed by atoms with Crippen LogP contribution in [0.2, 0.25) is 0 Å². The molecule has 0 aliphatic carbocycles. The molecule has 2 heterocycles. The first-order chi connectivity index (χ1) is 6.22. The van der Waals surface area contributed by atoms with Crippen molar-refractivity contribution in [2.45, 2.75) is 6.73 Å². The lowest BCUT2D eigenvalue weighted by atomic mass is 10.5. The number of fused-ring (bicyclic) bond motifs is 1. The monoisotopic (exact) mass is 181 g/mol. The molecule has 4 N–H and O–H groups in total. The highest BCUT2D eigenvalue weighted by Gasteiger charge is 2.07. The van der Waals surface area contributed by atoms with Gasteiger partial charge in [-0.15, -0.1) is 0 Å². The van der Waals surface area contributed by atoms with Crippen LogP contribution >= 0.6 is 0 Å². The third-order valence-electron chi connectivity index (χ3n) is 1.65. The number of hydrogen-bond acceptors (Lipinski definition) is 5. The lowest BCUT2D eigenvalue weighted by molar-refractivity contribution is 0.214. The van der Waals surface area contributed by atoms with Crippen LogP contribution in [0.25, 0.3) is 11.2 Å². The number of aliphatic hydroxyl groups is 1. The number of aromatic nitrogens is 4. The minimum absolute atomic E-state index is 0.00713. The summed E-state index contributed by atoms with van der Waals surface area (Å²) in [6, 6.07) is 0. The summed E-state index contributed by atoms with van der Waals surface area (Å²) in [7, 11) is 0. The number of hydrogen-bond donors (Lipinski definition) is 3. The van der Waals surface area contributed by atoms with Gasteiger partial charge >= 0.3 is 0 Å². The standard InChI is InChI=1S/C6H7N5O2/c7-6-9-4-3(5(13)10-6)8-1-11(4)2-12/h1,12H,2H2,(H3,7,9,10,13). The van der Waals surface area contributed by atoms with E-state index >= 15 is 0 Å². The van der Waals surface area contributed by atoms with Gasteiger partial charge in [-0.3, -0.25) is 14.3 Å². The molecule has 0 saturated heterocycles. The minimum Gasteiger partial charge on any atom is -0.376 e. The van der Waals surface area contributed by atoms with Gasteiger partial charge in [-0.05, 0) is 0 Å². The van der Waals surface area contributed by atoms with E-state index in [0.29, 0.717) is 0 Å². The van der Waals surface area contributed by atoms with E-state index in [1.165, 1.54) is 10.9 Å². The molecule has 0 atom stereocenters. The van der Waals surface area contributed by atoms with Crippen LogP contribution in [-0.4, -0.2) is 24.6 Å². The highest BCUT2D eigenvalue weighted by atomic mass is 16.3. The average molecular weight is 181 g/mol. The molecule has 0 fully saturated rings. The topological polar surface area (TPSA) is 110 Å². The molecule has 0 spiro atoms. The quantitative estimate of drug-likeness (QED) is 0.504. The SMILES string of the molecule is Nc1nc2c(ncn2CO)c(=O)[nH]1. The van der Waals surface area contributed by atoms with Crippen LogP contribution in [0.1, 0.15) is 0 Å². The first kappa shape index (κ1) is 7.74. The maximum absolute atomic E-state index is 11.2.